The summed E-state index contributed by atoms with van der Waals surface area (Å²) < 4.78 is 78.3. The van der Waals surface area contributed by atoms with Crippen LogP contribution >= 0.6 is 23.2 Å². The molecule has 9 nitrogen and oxygen atoms in total. The zero-order chi connectivity index (χ0) is 31.9. The summed E-state index contributed by atoms with van der Waals surface area (Å²) in [7, 11) is -4.51. The first-order chi connectivity index (χ1) is 20.8. The van der Waals surface area contributed by atoms with E-state index in [2.05, 4.69) is 20.1 Å². The molecule has 0 unspecified atom stereocenters. The minimum Gasteiger partial charge on any atom is -0.454 e. The standard InChI is InChI=1S/C29H28Cl2F3N3O6S/c30-19-7-10-24(22(31)16-19)42-25-6-2-1-5-23(25)37-44(40,41)20-8-9-21(26(17-20)43-28(39)29(32,33)34)27(38)36-13-3-4-18-11-14-35-15-12-18/h1-2,5-10,16-18,35,37H,3-4,11-15H2,(H,36,38). The van der Waals surface area contributed by atoms with E-state index in [1.54, 1.807) is 6.07 Å². The number of carbonyl (C=O) groups excluding carboxylic acids is 2. The molecule has 1 saturated heterocycles. The number of hydrogen-bond donors (Lipinski definition) is 3. The molecule has 0 aromatic heterocycles. The number of benzene rings is 3. The maximum Gasteiger partial charge on any atom is 0.491 e. The number of hydrogen-bond acceptors (Lipinski definition) is 7. The lowest BCUT2D eigenvalue weighted by Gasteiger charge is -2.22. The van der Waals surface area contributed by atoms with E-state index in [1.165, 1.54) is 36.4 Å². The van der Waals surface area contributed by atoms with Crippen LogP contribution in [0.5, 0.6) is 17.2 Å². The largest absolute Gasteiger partial charge is 0.491 e. The Balaban J connectivity index is 1.55. The van der Waals surface area contributed by atoms with Crippen molar-refractivity contribution in [1.82, 2.24) is 10.6 Å². The number of anilines is 1. The molecular formula is C29H28Cl2F3N3O6S. The molecule has 4 rings (SSSR count). The van der Waals surface area contributed by atoms with Gasteiger partial charge in [0.1, 0.15) is 11.5 Å². The summed E-state index contributed by atoms with van der Waals surface area (Å²) in [6, 6.07) is 13.0. The summed E-state index contributed by atoms with van der Waals surface area (Å²) in [6.07, 6.45) is -1.87. The number of amides is 1. The highest BCUT2D eigenvalue weighted by molar-refractivity contribution is 7.92. The average molecular weight is 675 g/mol. The summed E-state index contributed by atoms with van der Waals surface area (Å²) in [5.41, 5.74) is -0.479. The van der Waals surface area contributed by atoms with Crippen LogP contribution in [-0.4, -0.2) is 46.1 Å². The molecule has 0 saturated carbocycles. The number of rotatable bonds is 11. The fourth-order valence-electron chi connectivity index (χ4n) is 4.48. The first-order valence-corrected chi connectivity index (χ1v) is 15.7. The Bertz CT molecular complexity index is 1620. The first-order valence-electron chi connectivity index (χ1n) is 13.5. The molecule has 0 radical (unpaired) electrons. The number of carbonyl (C=O) groups is 2. The van der Waals surface area contributed by atoms with Crippen LogP contribution in [0.15, 0.2) is 65.6 Å². The topological polar surface area (TPSA) is 123 Å². The summed E-state index contributed by atoms with van der Waals surface area (Å²) >= 11 is 12.1. The zero-order valence-corrected chi connectivity index (χ0v) is 25.4. The van der Waals surface area contributed by atoms with Crippen LogP contribution in [0.25, 0.3) is 0 Å². The van der Waals surface area contributed by atoms with Crippen molar-refractivity contribution < 1.29 is 40.7 Å². The van der Waals surface area contributed by atoms with Gasteiger partial charge >= 0.3 is 12.1 Å². The van der Waals surface area contributed by atoms with Gasteiger partial charge in [-0.25, -0.2) is 13.2 Å². The van der Waals surface area contributed by atoms with E-state index in [-0.39, 0.29) is 28.8 Å². The van der Waals surface area contributed by atoms with Gasteiger partial charge in [-0.05, 0) is 87.2 Å². The number of para-hydroxylation sites is 2. The lowest BCUT2D eigenvalue weighted by Crippen LogP contribution is -2.31. The van der Waals surface area contributed by atoms with Gasteiger partial charge in [0.05, 0.1) is 21.2 Å². The van der Waals surface area contributed by atoms with Gasteiger partial charge in [0.25, 0.3) is 15.9 Å². The molecule has 3 aromatic carbocycles. The van der Waals surface area contributed by atoms with E-state index in [1.807, 2.05) is 0 Å². The predicted octanol–water partition coefficient (Wildman–Crippen LogP) is 6.56. The van der Waals surface area contributed by atoms with Crippen LogP contribution in [0, 0.1) is 5.92 Å². The van der Waals surface area contributed by atoms with Crippen molar-refractivity contribution in [3.05, 3.63) is 76.3 Å². The highest BCUT2D eigenvalue weighted by Gasteiger charge is 2.42. The van der Waals surface area contributed by atoms with E-state index in [0.717, 1.165) is 44.5 Å². The highest BCUT2D eigenvalue weighted by Crippen LogP contribution is 2.36. The monoisotopic (exact) mass is 673 g/mol. The Hall–Kier alpha value is -3.52. The molecule has 236 valence electrons. The molecule has 1 aliphatic rings. The van der Waals surface area contributed by atoms with Gasteiger partial charge in [-0.2, -0.15) is 13.2 Å². The van der Waals surface area contributed by atoms with E-state index in [4.69, 9.17) is 27.9 Å². The van der Waals surface area contributed by atoms with Gasteiger partial charge in [0, 0.05) is 17.6 Å². The van der Waals surface area contributed by atoms with E-state index < -0.39 is 44.3 Å². The van der Waals surface area contributed by atoms with Gasteiger partial charge in [-0.1, -0.05) is 35.3 Å². The summed E-state index contributed by atoms with van der Waals surface area (Å²) in [5.74, 6) is -3.58. The second kappa shape index (κ2) is 14.5. The molecule has 3 N–H and O–H groups in total. The normalized spacial score (nSPS) is 14.1. The smallest absolute Gasteiger partial charge is 0.454 e. The molecule has 1 amide bonds. The number of sulfonamides is 1. The van der Waals surface area contributed by atoms with Crippen molar-refractivity contribution in [2.75, 3.05) is 24.4 Å². The number of piperidine rings is 1. The maximum atomic E-state index is 13.3. The molecule has 1 aliphatic heterocycles. The summed E-state index contributed by atoms with van der Waals surface area (Å²) in [4.78, 5) is 24.0. The molecule has 0 aliphatic carbocycles. The fraction of sp³-hybridized carbons (Fsp3) is 0.310. The van der Waals surface area contributed by atoms with Crippen molar-refractivity contribution in [1.29, 1.82) is 0 Å². The average Bonchev–Trinajstić information content (AvgIpc) is 2.97. The van der Waals surface area contributed by atoms with Crippen LogP contribution in [0.1, 0.15) is 36.0 Å². The Morgan fingerprint density at radius 1 is 0.955 bits per heavy atom. The second-order valence-electron chi connectivity index (χ2n) is 9.92. The lowest BCUT2D eigenvalue weighted by atomic mass is 9.93. The number of nitrogens with one attached hydrogen (secondary N) is 3. The Morgan fingerprint density at radius 2 is 1.68 bits per heavy atom. The van der Waals surface area contributed by atoms with Gasteiger partial charge in [-0.3, -0.25) is 9.52 Å². The van der Waals surface area contributed by atoms with E-state index in [9.17, 15) is 31.2 Å². The molecule has 1 heterocycles. The molecule has 15 heteroatoms. The van der Waals surface area contributed by atoms with Crippen molar-refractivity contribution in [3.8, 4) is 17.2 Å². The number of esters is 1. The number of ether oxygens (including phenoxy) is 2. The van der Waals surface area contributed by atoms with Crippen LogP contribution in [0.2, 0.25) is 10.0 Å². The molecular weight excluding hydrogens is 646 g/mol. The molecule has 1 fully saturated rings. The van der Waals surface area contributed by atoms with Crippen molar-refractivity contribution >= 4 is 50.8 Å². The van der Waals surface area contributed by atoms with Crippen molar-refractivity contribution in [3.63, 3.8) is 0 Å². The van der Waals surface area contributed by atoms with Crippen molar-refractivity contribution in [2.45, 2.75) is 36.8 Å². The molecule has 0 atom stereocenters. The van der Waals surface area contributed by atoms with Gasteiger partial charge in [0.2, 0.25) is 0 Å². The maximum absolute atomic E-state index is 13.3. The lowest BCUT2D eigenvalue weighted by molar-refractivity contribution is -0.189. The van der Waals surface area contributed by atoms with Gasteiger partial charge < -0.3 is 20.1 Å². The van der Waals surface area contributed by atoms with Crippen LogP contribution in [0.4, 0.5) is 18.9 Å². The third-order valence-corrected chi connectivity index (χ3v) is 8.61. The van der Waals surface area contributed by atoms with Crippen LogP contribution in [-0.2, 0) is 14.8 Å². The second-order valence-corrected chi connectivity index (χ2v) is 12.4. The molecule has 0 spiro atoms. The highest BCUT2D eigenvalue weighted by atomic mass is 35.5. The summed E-state index contributed by atoms with van der Waals surface area (Å²) in [6.45, 7) is 2.07. The number of alkyl halides is 3. The molecule has 44 heavy (non-hydrogen) atoms. The minimum atomic E-state index is -5.39. The predicted molar refractivity (Wildman–Crippen MR) is 159 cm³/mol. The fourth-order valence-corrected chi connectivity index (χ4v) is 6.01. The van der Waals surface area contributed by atoms with Gasteiger partial charge in [0.15, 0.2) is 5.75 Å². The Labute approximate surface area is 262 Å². The number of halogens is 5. The Morgan fingerprint density at radius 3 is 2.39 bits per heavy atom. The van der Waals surface area contributed by atoms with Crippen molar-refractivity contribution in [2.24, 2.45) is 5.92 Å². The summed E-state index contributed by atoms with van der Waals surface area (Å²) in [5, 5.41) is 6.38. The van der Waals surface area contributed by atoms with Gasteiger partial charge in [-0.15, -0.1) is 0 Å². The third kappa shape index (κ3) is 9.00. The van der Waals surface area contributed by atoms with Crippen LogP contribution in [0.3, 0.4) is 0 Å². The molecule has 0 bridgehead atoms. The third-order valence-electron chi connectivity index (χ3n) is 6.72. The molecule has 3 aromatic rings. The van der Waals surface area contributed by atoms with E-state index in [0.29, 0.717) is 23.4 Å². The SMILES string of the molecule is O=C(NCCCC1CCNCC1)c1ccc(S(=O)(=O)Nc2ccccc2Oc2ccc(Cl)cc2Cl)cc1OC(=O)C(F)(F)F. The van der Waals surface area contributed by atoms with Crippen LogP contribution < -0.4 is 24.8 Å². The minimum absolute atomic E-state index is 0.0390. The first kappa shape index (κ1) is 33.4. The zero-order valence-electron chi connectivity index (χ0n) is 23.0. The van der Waals surface area contributed by atoms with E-state index >= 15 is 0 Å². The Kier molecular flexibility index (Phi) is 11.0. The quantitative estimate of drug-likeness (QED) is 0.120.